The topological polar surface area (TPSA) is 70.4 Å². The number of carboxylic acids is 1. The third kappa shape index (κ3) is 5.78. The van der Waals surface area contributed by atoms with Crippen molar-refractivity contribution in [2.75, 3.05) is 11.7 Å². The van der Waals surface area contributed by atoms with E-state index >= 15 is 0 Å². The summed E-state index contributed by atoms with van der Waals surface area (Å²) in [5.41, 5.74) is 1.22. The van der Waals surface area contributed by atoms with Crippen molar-refractivity contribution in [2.45, 2.75) is 29.9 Å². The Morgan fingerprint density at radius 1 is 1.04 bits per heavy atom. The molecule has 3 aromatic rings. The summed E-state index contributed by atoms with van der Waals surface area (Å²) in [4.78, 5) is 16.2. The maximum Gasteiger partial charge on any atom is 0.336 e. The number of benzene rings is 2. The summed E-state index contributed by atoms with van der Waals surface area (Å²) in [6.07, 6.45) is 1.97. The van der Waals surface area contributed by atoms with Crippen LogP contribution < -0.4 is 0 Å². The maximum absolute atomic E-state index is 11.6. The molecule has 0 saturated carbocycles. The molecule has 0 fully saturated rings. The summed E-state index contributed by atoms with van der Waals surface area (Å²) in [5.74, 6) is -1.12. The number of hydrogen-bond donors (Lipinski definition) is 2. The molecule has 4 nitrogen and oxygen atoms in total. The van der Waals surface area contributed by atoms with Crippen molar-refractivity contribution >= 4 is 37.2 Å². The van der Waals surface area contributed by atoms with E-state index in [1.807, 2.05) is 66.7 Å². The molecular formula is C22H24NO3PS. The fraction of sp³-hybridized carbons (Fsp3) is 0.273. The van der Waals surface area contributed by atoms with Crippen LogP contribution in [0.4, 0.5) is 0 Å². The number of aliphatic hydroxyl groups is 1. The quantitative estimate of drug-likeness (QED) is 0.284. The number of carboxylic acid groups (broad SMARTS) is 1. The number of nitrogens with zero attached hydrogens (tertiary/aromatic N) is 1. The van der Waals surface area contributed by atoms with Crippen molar-refractivity contribution in [3.63, 3.8) is 0 Å². The van der Waals surface area contributed by atoms with Gasteiger partial charge in [-0.2, -0.15) is 0 Å². The van der Waals surface area contributed by atoms with Crippen molar-refractivity contribution in [3.05, 3.63) is 72.3 Å². The molecule has 2 aromatic carbocycles. The molecule has 0 aliphatic carbocycles. The molecule has 146 valence electrons. The zero-order valence-corrected chi connectivity index (χ0v) is 17.4. The standard InChI is InChI=1S/C22H24NO3PS/c24-21(25)22(26,14-6-9-17-7-2-1-3-8-17)15-27-16-28-20-13-12-18-10-4-5-11-19(18)23-20/h1-5,7-8,10-13,26-27H,6,9,14-16H2,(H,24,25). The first-order valence-corrected chi connectivity index (χ1v) is 11.7. The van der Waals surface area contributed by atoms with E-state index in [4.69, 9.17) is 0 Å². The van der Waals surface area contributed by atoms with E-state index < -0.39 is 11.6 Å². The molecule has 2 N–H and O–H groups in total. The number of aromatic nitrogens is 1. The first kappa shape index (κ1) is 20.8. The lowest BCUT2D eigenvalue weighted by Gasteiger charge is -2.23. The second kappa shape index (κ2) is 10.0. The normalized spacial score (nSPS) is 13.8. The van der Waals surface area contributed by atoms with E-state index in [1.165, 1.54) is 0 Å². The van der Waals surface area contributed by atoms with Gasteiger partial charge >= 0.3 is 5.97 Å². The Morgan fingerprint density at radius 3 is 2.57 bits per heavy atom. The Kier molecular flexibility index (Phi) is 7.43. The molecule has 2 atom stereocenters. The molecule has 0 bridgehead atoms. The van der Waals surface area contributed by atoms with Crippen molar-refractivity contribution in [2.24, 2.45) is 0 Å². The Balaban J connectivity index is 1.47. The van der Waals surface area contributed by atoms with Crippen LogP contribution in [0.25, 0.3) is 10.9 Å². The second-order valence-corrected chi connectivity index (χ2v) is 9.45. The highest BCUT2D eigenvalue weighted by molar-refractivity contribution is 8.03. The van der Waals surface area contributed by atoms with Crippen molar-refractivity contribution in [1.29, 1.82) is 0 Å². The minimum atomic E-state index is -1.65. The minimum Gasteiger partial charge on any atom is -0.479 e. The highest BCUT2D eigenvalue weighted by Crippen LogP contribution is 2.31. The first-order chi connectivity index (χ1) is 13.6. The van der Waals surface area contributed by atoms with Gasteiger partial charge in [-0.25, -0.2) is 9.78 Å². The Labute approximate surface area is 171 Å². The number of fused-ring (bicyclic) bond motifs is 1. The summed E-state index contributed by atoms with van der Waals surface area (Å²) >= 11 is 1.61. The van der Waals surface area contributed by atoms with E-state index in [1.54, 1.807) is 11.8 Å². The monoisotopic (exact) mass is 413 g/mol. The number of para-hydroxylation sites is 1. The second-order valence-electron chi connectivity index (χ2n) is 6.73. The van der Waals surface area contributed by atoms with Gasteiger partial charge in [-0.1, -0.05) is 54.6 Å². The Morgan fingerprint density at radius 2 is 1.79 bits per heavy atom. The molecule has 1 heterocycles. The largest absolute Gasteiger partial charge is 0.479 e. The molecule has 0 aliphatic heterocycles. The molecule has 0 radical (unpaired) electrons. The smallest absolute Gasteiger partial charge is 0.336 e. The summed E-state index contributed by atoms with van der Waals surface area (Å²) in [5, 5.41) is 22.1. The molecule has 6 heteroatoms. The van der Waals surface area contributed by atoms with Gasteiger partial charge in [0.25, 0.3) is 0 Å². The lowest BCUT2D eigenvalue weighted by Crippen LogP contribution is -2.41. The Hall–Kier alpha value is -1.94. The molecule has 0 saturated heterocycles. The van der Waals surface area contributed by atoms with Crippen molar-refractivity contribution < 1.29 is 15.0 Å². The summed E-state index contributed by atoms with van der Waals surface area (Å²) in [7, 11) is 0.349. The van der Waals surface area contributed by atoms with E-state index in [0.717, 1.165) is 33.4 Å². The fourth-order valence-electron chi connectivity index (χ4n) is 3.01. The number of rotatable bonds is 10. The van der Waals surface area contributed by atoms with Crippen LogP contribution in [-0.2, 0) is 11.2 Å². The SMILES string of the molecule is O=C(O)C(O)(CCCc1ccccc1)CPCSc1ccc2ccccc2n1. The van der Waals surface area contributed by atoms with Crippen molar-refractivity contribution in [3.8, 4) is 0 Å². The predicted molar refractivity (Wildman–Crippen MR) is 118 cm³/mol. The highest BCUT2D eigenvalue weighted by Gasteiger charge is 2.34. The van der Waals surface area contributed by atoms with Crippen LogP contribution in [0.3, 0.4) is 0 Å². The molecule has 0 spiro atoms. The number of hydrogen-bond acceptors (Lipinski definition) is 4. The number of thioether (sulfide) groups is 1. The summed E-state index contributed by atoms with van der Waals surface area (Å²) < 4.78 is 0. The first-order valence-electron chi connectivity index (χ1n) is 9.26. The van der Waals surface area contributed by atoms with Crippen LogP contribution in [0, 0.1) is 0 Å². The third-order valence-electron chi connectivity index (χ3n) is 4.61. The number of carbonyl (C=O) groups is 1. The number of aryl methyl sites for hydroxylation is 1. The van der Waals surface area contributed by atoms with Crippen LogP contribution in [0.2, 0.25) is 0 Å². The van der Waals surface area contributed by atoms with Gasteiger partial charge in [0, 0.05) is 17.0 Å². The van der Waals surface area contributed by atoms with Crippen LogP contribution in [0.15, 0.2) is 71.8 Å². The van der Waals surface area contributed by atoms with Gasteiger partial charge in [0.15, 0.2) is 5.60 Å². The van der Waals surface area contributed by atoms with Gasteiger partial charge in [0.2, 0.25) is 0 Å². The summed E-state index contributed by atoms with van der Waals surface area (Å²) in [6, 6.07) is 21.9. The van der Waals surface area contributed by atoms with E-state index in [0.29, 0.717) is 15.0 Å². The zero-order chi connectivity index (χ0) is 19.8. The van der Waals surface area contributed by atoms with E-state index in [2.05, 4.69) is 4.98 Å². The lowest BCUT2D eigenvalue weighted by atomic mass is 9.97. The summed E-state index contributed by atoms with van der Waals surface area (Å²) in [6.45, 7) is 0. The average Bonchev–Trinajstić information content (AvgIpc) is 2.72. The van der Waals surface area contributed by atoms with Gasteiger partial charge in [-0.15, -0.1) is 20.3 Å². The number of aliphatic carboxylic acids is 1. The molecular weight excluding hydrogens is 389 g/mol. The van der Waals surface area contributed by atoms with Gasteiger partial charge < -0.3 is 10.2 Å². The fourth-order valence-corrected chi connectivity index (χ4v) is 5.49. The molecule has 0 amide bonds. The molecule has 28 heavy (non-hydrogen) atoms. The van der Waals surface area contributed by atoms with Gasteiger partial charge in [0.1, 0.15) is 0 Å². The lowest BCUT2D eigenvalue weighted by molar-refractivity contribution is -0.156. The molecule has 0 aliphatic rings. The van der Waals surface area contributed by atoms with Gasteiger partial charge in [-0.3, -0.25) is 0 Å². The van der Waals surface area contributed by atoms with E-state index in [-0.39, 0.29) is 12.6 Å². The van der Waals surface area contributed by atoms with Crippen LogP contribution in [0.5, 0.6) is 0 Å². The molecule has 2 unspecified atom stereocenters. The number of pyridine rings is 1. The molecule has 1 aromatic heterocycles. The van der Waals surface area contributed by atoms with Crippen LogP contribution in [0.1, 0.15) is 18.4 Å². The van der Waals surface area contributed by atoms with Gasteiger partial charge in [0.05, 0.1) is 10.5 Å². The molecule has 3 rings (SSSR count). The highest BCUT2D eigenvalue weighted by atomic mass is 32.2. The zero-order valence-electron chi connectivity index (χ0n) is 15.5. The Bertz CT molecular complexity index is 922. The van der Waals surface area contributed by atoms with Gasteiger partial charge in [-0.05, 0) is 37.0 Å². The van der Waals surface area contributed by atoms with Crippen molar-refractivity contribution in [1.82, 2.24) is 4.98 Å². The van der Waals surface area contributed by atoms with Crippen LogP contribution >= 0.6 is 20.3 Å². The van der Waals surface area contributed by atoms with E-state index in [9.17, 15) is 15.0 Å². The minimum absolute atomic E-state index is 0.267. The predicted octanol–water partition coefficient (Wildman–Crippen LogP) is 4.80. The average molecular weight is 413 g/mol. The van der Waals surface area contributed by atoms with Crippen LogP contribution in [-0.4, -0.2) is 38.4 Å². The third-order valence-corrected chi connectivity index (χ3v) is 7.36. The maximum atomic E-state index is 11.6.